The molecule has 1 aromatic carbocycles. The van der Waals surface area contributed by atoms with Gasteiger partial charge in [0.25, 0.3) is 5.69 Å². The highest BCUT2D eigenvalue weighted by atomic mass is 16.6. The van der Waals surface area contributed by atoms with Crippen molar-refractivity contribution in [3.8, 4) is 0 Å². The van der Waals surface area contributed by atoms with Crippen molar-refractivity contribution in [3.63, 3.8) is 0 Å². The number of nitro groups is 1. The van der Waals surface area contributed by atoms with Crippen molar-refractivity contribution in [3.05, 3.63) is 34.4 Å². The Morgan fingerprint density at radius 3 is 2.83 bits per heavy atom. The van der Waals surface area contributed by atoms with Crippen LogP contribution in [0.4, 0.5) is 11.4 Å². The van der Waals surface area contributed by atoms with E-state index in [0.717, 1.165) is 0 Å². The molecule has 1 rings (SSSR count). The van der Waals surface area contributed by atoms with Gasteiger partial charge in [-0.25, -0.2) is 4.79 Å². The molecule has 0 aromatic heterocycles. The van der Waals surface area contributed by atoms with Gasteiger partial charge in [-0.05, 0) is 6.07 Å². The summed E-state index contributed by atoms with van der Waals surface area (Å²) in [6, 6.07) is 5.46. The third-order valence-corrected chi connectivity index (χ3v) is 1.22. The van der Waals surface area contributed by atoms with E-state index in [0.29, 0.717) is 0 Å². The Balaban J connectivity index is 3.11. The van der Waals surface area contributed by atoms with Gasteiger partial charge in [-0.2, -0.15) is 4.99 Å². The van der Waals surface area contributed by atoms with Gasteiger partial charge in [-0.3, -0.25) is 10.1 Å². The largest absolute Gasteiger partial charge is 0.271 e. The van der Waals surface area contributed by atoms with Gasteiger partial charge in [0.2, 0.25) is 6.08 Å². The molecule has 12 heavy (non-hydrogen) atoms. The first-order valence-corrected chi connectivity index (χ1v) is 3.06. The third kappa shape index (κ3) is 1.74. The fourth-order valence-corrected chi connectivity index (χ4v) is 0.729. The minimum absolute atomic E-state index is 0.0912. The van der Waals surface area contributed by atoms with E-state index in [9.17, 15) is 14.9 Å². The van der Waals surface area contributed by atoms with Crippen LogP contribution in [0.5, 0.6) is 0 Å². The molecule has 1 aromatic rings. The Hall–Kier alpha value is -2.00. The number of isocyanates is 1. The van der Waals surface area contributed by atoms with Gasteiger partial charge in [0.15, 0.2) is 0 Å². The summed E-state index contributed by atoms with van der Waals surface area (Å²) < 4.78 is 0. The molecule has 60 valence electrons. The second-order valence-electron chi connectivity index (χ2n) is 1.98. The summed E-state index contributed by atoms with van der Waals surface area (Å²) in [4.78, 5) is 22.7. The van der Waals surface area contributed by atoms with Crippen LogP contribution in [0.3, 0.4) is 0 Å². The smallest absolute Gasteiger partial charge is 0.258 e. The molecule has 0 radical (unpaired) electrons. The summed E-state index contributed by atoms with van der Waals surface area (Å²) in [5.41, 5.74) is 0.144. The number of hydrogen-bond acceptors (Lipinski definition) is 4. The van der Waals surface area contributed by atoms with Gasteiger partial charge in [0.1, 0.15) is 0 Å². The maximum Gasteiger partial charge on any atom is 0.271 e. The van der Waals surface area contributed by atoms with Crippen LogP contribution in [-0.4, -0.2) is 11.0 Å². The van der Waals surface area contributed by atoms with Crippen LogP contribution in [0.1, 0.15) is 0 Å². The van der Waals surface area contributed by atoms with E-state index >= 15 is 0 Å². The van der Waals surface area contributed by atoms with Crippen LogP contribution in [0.2, 0.25) is 0 Å². The fourth-order valence-electron chi connectivity index (χ4n) is 0.729. The number of carbonyl (C=O) groups excluding carboxylic acids is 1. The van der Waals surface area contributed by atoms with Gasteiger partial charge >= 0.3 is 0 Å². The van der Waals surface area contributed by atoms with E-state index in [2.05, 4.69) is 4.99 Å². The van der Waals surface area contributed by atoms with Gasteiger partial charge in [-0.15, -0.1) is 0 Å². The van der Waals surface area contributed by atoms with Crippen LogP contribution in [-0.2, 0) is 4.79 Å². The zero-order valence-corrected chi connectivity index (χ0v) is 5.93. The zero-order chi connectivity index (χ0) is 8.97. The summed E-state index contributed by atoms with van der Waals surface area (Å²) in [5.74, 6) is 0. The second-order valence-corrected chi connectivity index (χ2v) is 1.98. The van der Waals surface area contributed by atoms with Gasteiger partial charge < -0.3 is 0 Å². The highest BCUT2D eigenvalue weighted by molar-refractivity contribution is 5.52. The topological polar surface area (TPSA) is 72.6 Å². The lowest BCUT2D eigenvalue weighted by molar-refractivity contribution is -0.384. The average molecular weight is 164 g/mol. The molecule has 0 aliphatic heterocycles. The van der Waals surface area contributed by atoms with E-state index < -0.39 is 4.92 Å². The molecule has 0 aliphatic rings. The molecule has 0 fully saturated rings. The quantitative estimate of drug-likeness (QED) is 0.288. The molecule has 0 aliphatic carbocycles. The maximum atomic E-state index is 10.2. The number of non-ortho nitro benzene ring substituents is 1. The van der Waals surface area contributed by atoms with Crippen LogP contribution < -0.4 is 0 Å². The number of benzene rings is 1. The number of nitrogens with zero attached hydrogens (tertiary/aromatic N) is 2. The van der Waals surface area contributed by atoms with Gasteiger partial charge in [0, 0.05) is 12.1 Å². The molecule has 0 bridgehead atoms. The highest BCUT2D eigenvalue weighted by Gasteiger charge is 2.03. The SMILES string of the molecule is O=C=Nc1cccc([N+](=O)[O-])c1. The summed E-state index contributed by atoms with van der Waals surface area (Å²) in [6.45, 7) is 0. The van der Waals surface area contributed by atoms with Crippen molar-refractivity contribution in [2.45, 2.75) is 0 Å². The fraction of sp³-hybridized carbons (Fsp3) is 0. The molecular weight excluding hydrogens is 160 g/mol. The Bertz CT molecular complexity index is 338. The van der Waals surface area contributed by atoms with Crippen molar-refractivity contribution in [2.75, 3.05) is 0 Å². The Labute approximate surface area is 67.5 Å². The Morgan fingerprint density at radius 1 is 1.50 bits per heavy atom. The lowest BCUT2D eigenvalue weighted by atomic mass is 10.3. The summed E-state index contributed by atoms with van der Waals surface area (Å²) in [6.07, 6.45) is 1.30. The number of nitro benzene ring substituents is 1. The van der Waals surface area contributed by atoms with Crippen molar-refractivity contribution in [2.24, 2.45) is 4.99 Å². The molecule has 0 spiro atoms. The molecule has 0 atom stereocenters. The van der Waals surface area contributed by atoms with Gasteiger partial charge in [-0.1, -0.05) is 6.07 Å². The van der Waals surface area contributed by atoms with Crippen molar-refractivity contribution >= 4 is 17.5 Å². The molecule has 0 N–H and O–H groups in total. The average Bonchev–Trinajstić information content (AvgIpc) is 2.05. The first-order valence-electron chi connectivity index (χ1n) is 3.06. The standard InChI is InChI=1S/C7H4N2O3/c10-5-8-6-2-1-3-7(4-6)9(11)12/h1-4H. The van der Waals surface area contributed by atoms with Crippen molar-refractivity contribution in [1.82, 2.24) is 0 Å². The van der Waals surface area contributed by atoms with E-state index in [1.807, 2.05) is 0 Å². The summed E-state index contributed by atoms with van der Waals surface area (Å²) in [7, 11) is 0. The highest BCUT2D eigenvalue weighted by Crippen LogP contribution is 2.18. The van der Waals surface area contributed by atoms with Crippen LogP contribution >= 0.6 is 0 Å². The van der Waals surface area contributed by atoms with E-state index in [1.54, 1.807) is 0 Å². The maximum absolute atomic E-state index is 10.2. The molecule has 0 saturated carbocycles. The second kappa shape index (κ2) is 3.41. The van der Waals surface area contributed by atoms with E-state index in [1.165, 1.54) is 30.3 Å². The molecule has 5 nitrogen and oxygen atoms in total. The van der Waals surface area contributed by atoms with Crippen LogP contribution in [0.25, 0.3) is 0 Å². The summed E-state index contributed by atoms with van der Waals surface area (Å²) >= 11 is 0. The van der Waals surface area contributed by atoms with Crippen LogP contribution in [0.15, 0.2) is 29.3 Å². The molecule has 0 saturated heterocycles. The number of aliphatic imine (C=N–C) groups is 1. The molecule has 0 heterocycles. The predicted octanol–water partition coefficient (Wildman–Crippen LogP) is 1.56. The lowest BCUT2D eigenvalue weighted by Gasteiger charge is -1.90. The molecule has 5 heteroatoms. The first-order chi connectivity index (χ1) is 5.74. The molecule has 0 unspecified atom stereocenters. The minimum Gasteiger partial charge on any atom is -0.258 e. The Morgan fingerprint density at radius 2 is 2.25 bits per heavy atom. The molecular formula is C7H4N2O3. The zero-order valence-electron chi connectivity index (χ0n) is 5.93. The van der Waals surface area contributed by atoms with Crippen LogP contribution in [0, 0.1) is 10.1 Å². The van der Waals surface area contributed by atoms with Crippen molar-refractivity contribution in [1.29, 1.82) is 0 Å². The van der Waals surface area contributed by atoms with Gasteiger partial charge in [0.05, 0.1) is 10.6 Å². The van der Waals surface area contributed by atoms with E-state index in [4.69, 9.17) is 0 Å². The Kier molecular flexibility index (Phi) is 2.30. The predicted molar refractivity (Wildman–Crippen MR) is 40.9 cm³/mol. The monoisotopic (exact) mass is 164 g/mol. The third-order valence-electron chi connectivity index (χ3n) is 1.22. The first kappa shape index (κ1) is 8.10. The number of rotatable bonds is 2. The minimum atomic E-state index is -0.552. The normalized spacial score (nSPS) is 8.67. The summed E-state index contributed by atoms with van der Waals surface area (Å²) in [5, 5.41) is 10.2. The van der Waals surface area contributed by atoms with Crippen molar-refractivity contribution < 1.29 is 9.72 Å². The number of hydrogen-bond donors (Lipinski definition) is 0. The van der Waals surface area contributed by atoms with E-state index in [-0.39, 0.29) is 11.4 Å². The molecule has 0 amide bonds. The lowest BCUT2D eigenvalue weighted by Crippen LogP contribution is -1.85.